The third-order valence-electron chi connectivity index (χ3n) is 7.75. The predicted molar refractivity (Wildman–Crippen MR) is 130 cm³/mol. The summed E-state index contributed by atoms with van der Waals surface area (Å²) in [5, 5.41) is 21.2. The zero-order valence-electron chi connectivity index (χ0n) is 19.5. The van der Waals surface area contributed by atoms with Crippen molar-refractivity contribution in [3.05, 3.63) is 55.1 Å². The first kappa shape index (κ1) is 23.5. The Labute approximate surface area is 203 Å². The number of rotatable bonds is 9. The minimum Gasteiger partial charge on any atom is -0.481 e. The summed E-state index contributed by atoms with van der Waals surface area (Å²) >= 11 is 0. The standard InChI is InChI=1S/C27H30N2O6/c1-2-13-28(19-10-9-17-7-3-4-8-18(17)16-19)25(32)23-27-12-11-20(35-27)21(26(33)34)22(27)24(31)29(23)14-5-6-15-30/h2-4,7-10,16,20-23,30H,1,5-6,11-15H2,(H,33,34)/t20-,21+,22-,23?,27?/m0/s1. The van der Waals surface area contributed by atoms with Crippen LogP contribution >= 0.6 is 0 Å². The van der Waals surface area contributed by atoms with E-state index in [9.17, 15) is 24.6 Å². The number of amides is 2. The van der Waals surface area contributed by atoms with Crippen LogP contribution < -0.4 is 4.90 Å². The number of fused-ring (bicyclic) bond motifs is 2. The van der Waals surface area contributed by atoms with Crippen molar-refractivity contribution in [2.75, 3.05) is 24.6 Å². The number of hydrogen-bond donors (Lipinski definition) is 2. The molecule has 8 heteroatoms. The number of unbranched alkanes of at least 4 members (excludes halogenated alkanes) is 1. The number of carbonyl (C=O) groups excluding carboxylic acids is 2. The lowest BCUT2D eigenvalue weighted by molar-refractivity contribution is -0.149. The average molecular weight is 479 g/mol. The van der Waals surface area contributed by atoms with Gasteiger partial charge in [0.2, 0.25) is 5.91 Å². The molecule has 2 aromatic rings. The number of carboxylic acids is 1. The third kappa shape index (κ3) is 3.63. The number of aliphatic hydroxyl groups is 1. The Morgan fingerprint density at radius 2 is 1.97 bits per heavy atom. The quantitative estimate of drug-likeness (QED) is 0.424. The van der Waals surface area contributed by atoms with Crippen LogP contribution in [-0.4, -0.2) is 70.3 Å². The van der Waals surface area contributed by atoms with E-state index in [2.05, 4.69) is 6.58 Å². The summed E-state index contributed by atoms with van der Waals surface area (Å²) in [5.74, 6) is -3.54. The highest BCUT2D eigenvalue weighted by atomic mass is 16.5. The van der Waals surface area contributed by atoms with Gasteiger partial charge < -0.3 is 24.7 Å². The Kier molecular flexibility index (Phi) is 6.11. The highest BCUT2D eigenvalue weighted by Crippen LogP contribution is 2.58. The minimum atomic E-state index is -1.16. The van der Waals surface area contributed by atoms with E-state index in [-0.39, 0.29) is 31.5 Å². The summed E-state index contributed by atoms with van der Waals surface area (Å²) in [7, 11) is 0. The number of carbonyl (C=O) groups is 3. The molecule has 2 aromatic carbocycles. The molecule has 2 amide bonds. The highest BCUT2D eigenvalue weighted by Gasteiger charge is 2.74. The number of hydrogen-bond acceptors (Lipinski definition) is 5. The van der Waals surface area contributed by atoms with Crippen molar-refractivity contribution in [2.45, 2.75) is 43.4 Å². The summed E-state index contributed by atoms with van der Waals surface area (Å²) < 4.78 is 6.27. The monoisotopic (exact) mass is 478 g/mol. The first-order valence-electron chi connectivity index (χ1n) is 12.2. The third-order valence-corrected chi connectivity index (χ3v) is 7.75. The summed E-state index contributed by atoms with van der Waals surface area (Å²) in [6.45, 7) is 4.30. The number of ether oxygens (including phenoxy) is 1. The minimum absolute atomic E-state index is 0.0226. The summed E-state index contributed by atoms with van der Waals surface area (Å²) in [6.07, 6.45) is 3.03. The highest BCUT2D eigenvalue weighted by molar-refractivity contribution is 6.05. The van der Waals surface area contributed by atoms with Crippen LogP contribution in [0.3, 0.4) is 0 Å². The van der Waals surface area contributed by atoms with Gasteiger partial charge >= 0.3 is 5.97 Å². The fraction of sp³-hybridized carbons (Fsp3) is 0.444. The SMILES string of the molecule is C=CCN(C(=O)C1N(CCCCO)C(=O)[C@@H]2[C@H](C(=O)O)[C@@H]3CCC12O3)c1ccc2ccccc2c1. The maximum atomic E-state index is 14.3. The Bertz CT molecular complexity index is 1180. The molecule has 1 spiro atoms. The molecule has 2 N–H and O–H groups in total. The van der Waals surface area contributed by atoms with Crippen LogP contribution in [0.2, 0.25) is 0 Å². The molecule has 3 heterocycles. The molecule has 0 aliphatic carbocycles. The van der Waals surface area contributed by atoms with E-state index in [1.165, 1.54) is 4.90 Å². The zero-order valence-corrected chi connectivity index (χ0v) is 19.5. The fourth-order valence-electron chi connectivity index (χ4n) is 6.29. The van der Waals surface area contributed by atoms with E-state index >= 15 is 0 Å². The van der Waals surface area contributed by atoms with Gasteiger partial charge in [-0.1, -0.05) is 36.4 Å². The molecular weight excluding hydrogens is 448 g/mol. The first-order chi connectivity index (χ1) is 16.9. The normalized spacial score (nSPS) is 28.9. The molecule has 0 aromatic heterocycles. The van der Waals surface area contributed by atoms with Crippen LogP contribution in [-0.2, 0) is 19.1 Å². The maximum Gasteiger partial charge on any atom is 0.310 e. The van der Waals surface area contributed by atoms with E-state index in [0.29, 0.717) is 31.4 Å². The lowest BCUT2D eigenvalue weighted by Crippen LogP contribution is -2.56. The van der Waals surface area contributed by atoms with Crippen molar-refractivity contribution >= 4 is 34.2 Å². The molecular formula is C27H30N2O6. The molecule has 5 atom stereocenters. The molecule has 3 aliphatic rings. The molecule has 184 valence electrons. The number of anilines is 1. The Morgan fingerprint density at radius 3 is 2.69 bits per heavy atom. The molecule has 0 saturated carbocycles. The average Bonchev–Trinajstić information content (AvgIpc) is 3.49. The van der Waals surface area contributed by atoms with Gasteiger partial charge in [0.25, 0.3) is 5.91 Å². The molecule has 0 radical (unpaired) electrons. The van der Waals surface area contributed by atoms with Gasteiger partial charge in [0, 0.05) is 25.4 Å². The molecule has 35 heavy (non-hydrogen) atoms. The topological polar surface area (TPSA) is 107 Å². The van der Waals surface area contributed by atoms with E-state index in [1.807, 2.05) is 42.5 Å². The number of aliphatic carboxylic acids is 1. The predicted octanol–water partition coefficient (Wildman–Crippen LogP) is 2.59. The van der Waals surface area contributed by atoms with Crippen molar-refractivity contribution in [3.63, 3.8) is 0 Å². The molecule has 3 fully saturated rings. The van der Waals surface area contributed by atoms with Crippen molar-refractivity contribution in [3.8, 4) is 0 Å². The second kappa shape index (κ2) is 9.09. The first-order valence-corrected chi connectivity index (χ1v) is 12.2. The maximum absolute atomic E-state index is 14.3. The summed E-state index contributed by atoms with van der Waals surface area (Å²) in [5.41, 5.74) is -0.476. The number of carboxylic acid groups (broad SMARTS) is 1. The van der Waals surface area contributed by atoms with Crippen LogP contribution in [0, 0.1) is 11.8 Å². The van der Waals surface area contributed by atoms with Crippen LogP contribution in [0.5, 0.6) is 0 Å². The van der Waals surface area contributed by atoms with Crippen molar-refractivity contribution in [1.29, 1.82) is 0 Å². The van der Waals surface area contributed by atoms with Gasteiger partial charge in [0.1, 0.15) is 11.6 Å². The molecule has 2 bridgehead atoms. The van der Waals surface area contributed by atoms with Gasteiger partial charge in [0.15, 0.2) is 0 Å². The zero-order chi connectivity index (χ0) is 24.7. The fourth-order valence-corrected chi connectivity index (χ4v) is 6.29. The van der Waals surface area contributed by atoms with Crippen molar-refractivity contribution < 1.29 is 29.3 Å². The number of benzene rings is 2. The van der Waals surface area contributed by atoms with E-state index in [4.69, 9.17) is 4.74 Å². The van der Waals surface area contributed by atoms with Gasteiger partial charge in [-0.15, -0.1) is 6.58 Å². The van der Waals surface area contributed by atoms with Crippen molar-refractivity contribution in [2.24, 2.45) is 11.8 Å². The van der Waals surface area contributed by atoms with Crippen LogP contribution in [0.4, 0.5) is 5.69 Å². The van der Waals surface area contributed by atoms with Crippen LogP contribution in [0.1, 0.15) is 25.7 Å². The number of nitrogens with zero attached hydrogens (tertiary/aromatic N) is 2. The van der Waals surface area contributed by atoms with Gasteiger partial charge in [-0.2, -0.15) is 0 Å². The number of likely N-dealkylation sites (tertiary alicyclic amines) is 1. The lowest BCUT2D eigenvalue weighted by atomic mass is 9.70. The smallest absolute Gasteiger partial charge is 0.310 e. The molecule has 3 saturated heterocycles. The Morgan fingerprint density at radius 1 is 1.20 bits per heavy atom. The molecule has 3 aliphatic heterocycles. The van der Waals surface area contributed by atoms with Gasteiger partial charge in [-0.3, -0.25) is 14.4 Å². The second-order valence-electron chi connectivity index (χ2n) is 9.63. The summed E-state index contributed by atoms with van der Waals surface area (Å²) in [4.78, 5) is 43.1. The van der Waals surface area contributed by atoms with Crippen LogP contribution in [0.15, 0.2) is 55.1 Å². The molecule has 8 nitrogen and oxygen atoms in total. The van der Waals surface area contributed by atoms with E-state index in [1.54, 1.807) is 11.0 Å². The second-order valence-corrected chi connectivity index (χ2v) is 9.63. The Balaban J connectivity index is 1.56. The van der Waals surface area contributed by atoms with E-state index in [0.717, 1.165) is 10.8 Å². The van der Waals surface area contributed by atoms with Gasteiger partial charge in [-0.05, 0) is 48.6 Å². The van der Waals surface area contributed by atoms with E-state index < -0.39 is 35.6 Å². The Hall–Kier alpha value is -3.23. The van der Waals surface area contributed by atoms with Crippen LogP contribution in [0.25, 0.3) is 10.8 Å². The van der Waals surface area contributed by atoms with Gasteiger partial charge in [0.05, 0.1) is 17.9 Å². The lowest BCUT2D eigenvalue weighted by Gasteiger charge is -2.36. The molecule has 5 rings (SSSR count). The van der Waals surface area contributed by atoms with Crippen molar-refractivity contribution in [1.82, 2.24) is 4.90 Å². The van der Waals surface area contributed by atoms with Gasteiger partial charge in [-0.25, -0.2) is 0 Å². The summed E-state index contributed by atoms with van der Waals surface area (Å²) in [6, 6.07) is 12.7. The molecule has 2 unspecified atom stereocenters. The number of aliphatic hydroxyl groups excluding tert-OH is 1. The largest absolute Gasteiger partial charge is 0.481 e.